The van der Waals surface area contributed by atoms with Crippen molar-refractivity contribution in [1.29, 1.82) is 0 Å². The molecule has 2 aromatic rings. The van der Waals surface area contributed by atoms with Gasteiger partial charge in [0.25, 0.3) is 0 Å². The van der Waals surface area contributed by atoms with Crippen LogP contribution in [0.5, 0.6) is 0 Å². The van der Waals surface area contributed by atoms with Crippen LogP contribution in [-0.4, -0.2) is 0 Å². The minimum atomic E-state index is 0.0237. The van der Waals surface area contributed by atoms with Crippen molar-refractivity contribution in [3.63, 3.8) is 0 Å². The van der Waals surface area contributed by atoms with Gasteiger partial charge < -0.3 is 0 Å². The minimum Gasteiger partial charge on any atom is -0.0877 e. The molecule has 1 unspecified atom stereocenters. The highest BCUT2D eigenvalue weighted by molar-refractivity contribution is 5.49. The number of allylic oxidation sites excluding steroid dienone is 2. The molecule has 0 amide bonds. The first-order valence-electron chi connectivity index (χ1n) is 11.9. The monoisotopic (exact) mass is 404 g/mol. The van der Waals surface area contributed by atoms with E-state index in [9.17, 15) is 0 Å². The number of unbranched alkanes of at least 4 members (excludes halogenated alkanes) is 1. The molecule has 0 aliphatic carbocycles. The Labute approximate surface area is 186 Å². The fourth-order valence-corrected chi connectivity index (χ4v) is 4.61. The summed E-state index contributed by atoms with van der Waals surface area (Å²) in [6.45, 7) is 20.8. The van der Waals surface area contributed by atoms with Crippen molar-refractivity contribution < 1.29 is 0 Å². The molecule has 2 aromatic carbocycles. The number of rotatable bonds is 8. The SMILES string of the molecule is CCC/C=C/C(C)(C)c1ccc(C)cc1C(CCC)c1cc(C)ccc1C(C)(C)C. The maximum atomic E-state index is 2.46. The summed E-state index contributed by atoms with van der Waals surface area (Å²) in [5.74, 6) is 0.429. The molecule has 0 N–H and O–H groups in total. The smallest absolute Gasteiger partial charge is 0.00954 e. The Bertz CT molecular complexity index is 858. The Hall–Kier alpha value is -1.82. The van der Waals surface area contributed by atoms with Crippen LogP contribution in [-0.2, 0) is 10.8 Å². The third kappa shape index (κ3) is 5.87. The van der Waals surface area contributed by atoms with Crippen molar-refractivity contribution >= 4 is 0 Å². The first kappa shape index (κ1) is 24.4. The lowest BCUT2D eigenvalue weighted by Crippen LogP contribution is -2.21. The molecule has 164 valence electrons. The molecular formula is C30H44. The van der Waals surface area contributed by atoms with Gasteiger partial charge in [-0.2, -0.15) is 0 Å². The first-order valence-corrected chi connectivity index (χ1v) is 11.9. The van der Waals surface area contributed by atoms with Crippen molar-refractivity contribution in [1.82, 2.24) is 0 Å². The van der Waals surface area contributed by atoms with Crippen LogP contribution in [0, 0.1) is 13.8 Å². The van der Waals surface area contributed by atoms with Gasteiger partial charge in [0, 0.05) is 11.3 Å². The van der Waals surface area contributed by atoms with Gasteiger partial charge in [-0.1, -0.05) is 121 Å². The molecule has 0 spiro atoms. The van der Waals surface area contributed by atoms with Crippen LogP contribution in [0.15, 0.2) is 48.6 Å². The van der Waals surface area contributed by atoms with Gasteiger partial charge in [0.2, 0.25) is 0 Å². The van der Waals surface area contributed by atoms with Crippen molar-refractivity contribution in [2.24, 2.45) is 0 Å². The molecule has 0 saturated carbocycles. The molecule has 0 heteroatoms. The number of hydrogen-bond donors (Lipinski definition) is 0. The molecule has 2 rings (SSSR count). The highest BCUT2D eigenvalue weighted by atomic mass is 14.3. The number of aryl methyl sites for hydroxylation is 2. The zero-order chi connectivity index (χ0) is 22.5. The highest BCUT2D eigenvalue weighted by Gasteiger charge is 2.29. The van der Waals surface area contributed by atoms with Crippen molar-refractivity contribution in [2.45, 2.75) is 105 Å². The number of hydrogen-bond acceptors (Lipinski definition) is 0. The van der Waals surface area contributed by atoms with E-state index < -0.39 is 0 Å². The number of benzene rings is 2. The van der Waals surface area contributed by atoms with Gasteiger partial charge in [-0.05, 0) is 54.4 Å². The predicted octanol–water partition coefficient (Wildman–Crippen LogP) is 9.17. The van der Waals surface area contributed by atoms with Crippen LogP contribution in [0.4, 0.5) is 0 Å². The van der Waals surface area contributed by atoms with E-state index in [1.54, 1.807) is 0 Å². The van der Waals surface area contributed by atoms with Gasteiger partial charge in [0.05, 0.1) is 0 Å². The molecule has 0 nitrogen and oxygen atoms in total. The second-order valence-corrected chi connectivity index (χ2v) is 10.7. The summed E-state index contributed by atoms with van der Waals surface area (Å²) in [5, 5.41) is 0. The van der Waals surface area contributed by atoms with Crippen LogP contribution in [0.1, 0.15) is 113 Å². The average Bonchev–Trinajstić information content (AvgIpc) is 2.65. The largest absolute Gasteiger partial charge is 0.0877 e. The molecule has 0 saturated heterocycles. The Morgan fingerprint density at radius 2 is 1.30 bits per heavy atom. The lowest BCUT2D eigenvalue weighted by molar-refractivity contribution is 0.565. The van der Waals surface area contributed by atoms with Crippen LogP contribution in [0.2, 0.25) is 0 Å². The molecule has 0 bridgehead atoms. The Balaban J connectivity index is 2.73. The molecule has 0 heterocycles. The molecular weight excluding hydrogens is 360 g/mol. The molecule has 0 radical (unpaired) electrons. The fourth-order valence-electron chi connectivity index (χ4n) is 4.61. The fraction of sp³-hybridized carbons (Fsp3) is 0.533. The van der Waals surface area contributed by atoms with Gasteiger partial charge in [0.1, 0.15) is 0 Å². The first-order chi connectivity index (χ1) is 14.0. The van der Waals surface area contributed by atoms with Gasteiger partial charge in [0.15, 0.2) is 0 Å². The Morgan fingerprint density at radius 1 is 0.767 bits per heavy atom. The molecule has 0 aliphatic rings. The zero-order valence-corrected chi connectivity index (χ0v) is 21.0. The van der Waals surface area contributed by atoms with E-state index in [0.717, 1.165) is 6.42 Å². The molecule has 0 aromatic heterocycles. The van der Waals surface area contributed by atoms with Gasteiger partial charge >= 0.3 is 0 Å². The summed E-state index contributed by atoms with van der Waals surface area (Å²) in [6.07, 6.45) is 9.50. The topological polar surface area (TPSA) is 0 Å². The third-order valence-corrected chi connectivity index (χ3v) is 6.23. The predicted molar refractivity (Wildman–Crippen MR) is 135 cm³/mol. The summed E-state index contributed by atoms with van der Waals surface area (Å²) >= 11 is 0. The van der Waals surface area contributed by atoms with E-state index in [2.05, 4.69) is 111 Å². The minimum absolute atomic E-state index is 0.0237. The van der Waals surface area contributed by atoms with Crippen LogP contribution >= 0.6 is 0 Å². The van der Waals surface area contributed by atoms with Crippen LogP contribution in [0.3, 0.4) is 0 Å². The summed E-state index contributed by atoms with van der Waals surface area (Å²) in [4.78, 5) is 0. The lowest BCUT2D eigenvalue weighted by atomic mass is 9.72. The summed E-state index contributed by atoms with van der Waals surface area (Å²) in [5.41, 5.74) is 8.86. The summed E-state index contributed by atoms with van der Waals surface area (Å²) < 4.78 is 0. The van der Waals surface area contributed by atoms with Gasteiger partial charge in [-0.15, -0.1) is 0 Å². The maximum absolute atomic E-state index is 2.46. The van der Waals surface area contributed by atoms with Crippen molar-refractivity contribution in [3.8, 4) is 0 Å². The molecule has 0 aliphatic heterocycles. The standard InChI is InChI=1S/C30H44/c1-10-12-13-19-30(8,9)28-18-16-23(4)21-26(28)24(14-11-2)25-20-22(3)15-17-27(25)29(5,6)7/h13,15-21,24H,10-12,14H2,1-9H3/b19-13+. The van der Waals surface area contributed by atoms with E-state index in [1.165, 1.54) is 52.6 Å². The van der Waals surface area contributed by atoms with E-state index in [0.29, 0.717) is 5.92 Å². The quantitative estimate of drug-likeness (QED) is 0.385. The second kappa shape index (κ2) is 9.99. The normalized spacial score (nSPS) is 13.8. The van der Waals surface area contributed by atoms with Gasteiger partial charge in [-0.3, -0.25) is 0 Å². The molecule has 30 heavy (non-hydrogen) atoms. The van der Waals surface area contributed by atoms with E-state index in [1.807, 2.05) is 0 Å². The van der Waals surface area contributed by atoms with Crippen molar-refractivity contribution in [2.75, 3.05) is 0 Å². The summed E-state index contributed by atoms with van der Waals surface area (Å²) in [7, 11) is 0. The maximum Gasteiger partial charge on any atom is 0.00954 e. The summed E-state index contributed by atoms with van der Waals surface area (Å²) in [6, 6.07) is 14.2. The van der Waals surface area contributed by atoms with Crippen LogP contribution in [0.25, 0.3) is 0 Å². The van der Waals surface area contributed by atoms with Crippen molar-refractivity contribution in [3.05, 3.63) is 81.9 Å². The third-order valence-electron chi connectivity index (χ3n) is 6.23. The Morgan fingerprint density at radius 3 is 1.80 bits per heavy atom. The van der Waals surface area contributed by atoms with Crippen LogP contribution < -0.4 is 0 Å². The van der Waals surface area contributed by atoms with E-state index in [4.69, 9.17) is 0 Å². The van der Waals surface area contributed by atoms with Gasteiger partial charge in [-0.25, -0.2) is 0 Å². The van der Waals surface area contributed by atoms with E-state index in [-0.39, 0.29) is 10.8 Å². The molecule has 1 atom stereocenters. The lowest BCUT2D eigenvalue weighted by Gasteiger charge is -2.33. The second-order valence-electron chi connectivity index (χ2n) is 10.7. The van der Waals surface area contributed by atoms with E-state index >= 15 is 0 Å². The molecule has 0 fully saturated rings. The Kier molecular flexibility index (Phi) is 8.14. The zero-order valence-electron chi connectivity index (χ0n) is 21.0. The highest BCUT2D eigenvalue weighted by Crippen LogP contribution is 2.42. The average molecular weight is 405 g/mol.